The first-order valence-electron chi connectivity index (χ1n) is 7.24. The summed E-state index contributed by atoms with van der Waals surface area (Å²) in [6.45, 7) is 0. The van der Waals surface area contributed by atoms with E-state index in [9.17, 15) is 8.78 Å². The van der Waals surface area contributed by atoms with Gasteiger partial charge in [0, 0.05) is 17.8 Å². The Morgan fingerprint density at radius 2 is 1.75 bits per heavy atom. The van der Waals surface area contributed by atoms with Gasteiger partial charge in [0.2, 0.25) is 0 Å². The molecule has 0 saturated carbocycles. The van der Waals surface area contributed by atoms with Crippen LogP contribution in [0.2, 0.25) is 0 Å². The van der Waals surface area contributed by atoms with Gasteiger partial charge in [0.05, 0.1) is 0 Å². The molecule has 2 aromatic carbocycles. The normalized spacial score (nSPS) is 10.9. The topological polar surface area (TPSA) is 50.8 Å². The Hall–Kier alpha value is -3.28. The molecule has 118 valence electrons. The van der Waals surface area contributed by atoms with Gasteiger partial charge in [-0.05, 0) is 30.3 Å². The number of imidazole rings is 1. The van der Waals surface area contributed by atoms with Crippen LogP contribution in [-0.2, 0) is 0 Å². The highest BCUT2D eigenvalue weighted by atomic mass is 19.2. The number of nitrogens with one attached hydrogen (secondary N) is 1. The molecule has 4 aromatic rings. The molecule has 2 heterocycles. The lowest BCUT2D eigenvalue weighted by molar-refractivity contribution is 0.487. The molecular weight excluding hydrogens is 312 g/mol. The van der Waals surface area contributed by atoms with Crippen LogP contribution in [0.25, 0.3) is 22.6 Å². The van der Waals surface area contributed by atoms with Gasteiger partial charge in [-0.1, -0.05) is 18.2 Å². The summed E-state index contributed by atoms with van der Waals surface area (Å²) in [7, 11) is 0. The number of ether oxygens (including phenoxy) is 1. The minimum Gasteiger partial charge on any atom is -0.455 e. The van der Waals surface area contributed by atoms with Crippen LogP contribution in [-0.4, -0.2) is 15.0 Å². The lowest BCUT2D eigenvalue weighted by Crippen LogP contribution is -1.87. The third-order valence-electron chi connectivity index (χ3n) is 3.52. The summed E-state index contributed by atoms with van der Waals surface area (Å²) in [5.41, 5.74) is 1.45. The molecule has 4 nitrogen and oxygen atoms in total. The molecule has 24 heavy (non-hydrogen) atoms. The van der Waals surface area contributed by atoms with Crippen LogP contribution in [0.4, 0.5) is 8.78 Å². The number of rotatable bonds is 3. The summed E-state index contributed by atoms with van der Waals surface area (Å²) in [6.07, 6.45) is 1.58. The summed E-state index contributed by atoms with van der Waals surface area (Å²) < 4.78 is 32.4. The number of fused-ring (bicyclic) bond motifs is 1. The molecule has 0 aliphatic carbocycles. The molecular formula is C18H11F2N3O. The van der Waals surface area contributed by atoms with Gasteiger partial charge < -0.3 is 9.72 Å². The number of benzene rings is 2. The maximum absolute atomic E-state index is 13.4. The van der Waals surface area contributed by atoms with Gasteiger partial charge in [-0.3, -0.25) is 0 Å². The summed E-state index contributed by atoms with van der Waals surface area (Å²) in [5.74, 6) is -0.218. The quantitative estimate of drug-likeness (QED) is 0.595. The number of hydrogen-bond acceptors (Lipinski definition) is 3. The smallest absolute Gasteiger partial charge is 0.181 e. The van der Waals surface area contributed by atoms with E-state index < -0.39 is 11.6 Å². The Labute approximate surface area is 135 Å². The molecule has 0 spiro atoms. The Morgan fingerprint density at radius 1 is 0.917 bits per heavy atom. The van der Waals surface area contributed by atoms with Crippen molar-refractivity contribution in [1.29, 1.82) is 0 Å². The number of pyridine rings is 1. The molecule has 0 unspecified atom stereocenters. The van der Waals surface area contributed by atoms with Crippen molar-refractivity contribution < 1.29 is 13.5 Å². The fourth-order valence-electron chi connectivity index (χ4n) is 2.37. The second kappa shape index (κ2) is 5.73. The number of hydrogen-bond donors (Lipinski definition) is 1. The van der Waals surface area contributed by atoms with Crippen LogP contribution in [0.3, 0.4) is 0 Å². The van der Waals surface area contributed by atoms with Crippen LogP contribution in [0.15, 0.2) is 60.8 Å². The standard InChI is InChI=1S/C18H11F2N3O/c19-13-7-6-11(10-14(13)20)17-22-16-15(8-9-21-18(16)23-17)24-12-4-2-1-3-5-12/h1-10H,(H,21,22,23). The molecule has 1 N–H and O–H groups in total. The highest BCUT2D eigenvalue weighted by molar-refractivity contribution is 5.81. The molecule has 0 atom stereocenters. The van der Waals surface area contributed by atoms with E-state index in [1.165, 1.54) is 6.07 Å². The maximum Gasteiger partial charge on any atom is 0.181 e. The van der Waals surface area contributed by atoms with Crippen molar-refractivity contribution in [2.45, 2.75) is 0 Å². The van der Waals surface area contributed by atoms with E-state index in [1.54, 1.807) is 12.3 Å². The predicted octanol–water partition coefficient (Wildman–Crippen LogP) is 4.70. The first-order valence-corrected chi connectivity index (χ1v) is 7.24. The van der Waals surface area contributed by atoms with E-state index in [2.05, 4.69) is 15.0 Å². The average molecular weight is 323 g/mol. The Balaban J connectivity index is 1.78. The number of H-pyrrole nitrogens is 1. The van der Waals surface area contributed by atoms with E-state index in [4.69, 9.17) is 4.74 Å². The van der Waals surface area contributed by atoms with E-state index in [-0.39, 0.29) is 0 Å². The first kappa shape index (κ1) is 14.3. The molecule has 0 amide bonds. The monoisotopic (exact) mass is 323 g/mol. The minimum absolute atomic E-state index is 0.389. The van der Waals surface area contributed by atoms with Crippen LogP contribution in [0, 0.1) is 11.6 Å². The highest BCUT2D eigenvalue weighted by Crippen LogP contribution is 2.29. The number of halogens is 2. The molecule has 0 radical (unpaired) electrons. The minimum atomic E-state index is -0.929. The zero-order valence-electron chi connectivity index (χ0n) is 12.3. The summed E-state index contributed by atoms with van der Waals surface area (Å²) >= 11 is 0. The van der Waals surface area contributed by atoms with Crippen molar-refractivity contribution in [1.82, 2.24) is 15.0 Å². The first-order chi connectivity index (χ1) is 11.7. The van der Waals surface area contributed by atoms with Crippen LogP contribution >= 0.6 is 0 Å². The molecule has 0 bridgehead atoms. The van der Waals surface area contributed by atoms with Crippen molar-refractivity contribution >= 4 is 11.2 Å². The fraction of sp³-hybridized carbons (Fsp3) is 0. The zero-order valence-corrected chi connectivity index (χ0v) is 12.3. The zero-order chi connectivity index (χ0) is 16.5. The largest absolute Gasteiger partial charge is 0.455 e. The molecule has 0 aliphatic rings. The van der Waals surface area contributed by atoms with Gasteiger partial charge in [0.25, 0.3) is 0 Å². The highest BCUT2D eigenvalue weighted by Gasteiger charge is 2.13. The van der Waals surface area contributed by atoms with Crippen LogP contribution in [0.1, 0.15) is 0 Å². The van der Waals surface area contributed by atoms with Crippen LogP contribution < -0.4 is 4.74 Å². The van der Waals surface area contributed by atoms with E-state index in [0.717, 1.165) is 12.1 Å². The van der Waals surface area contributed by atoms with E-state index in [0.29, 0.717) is 34.1 Å². The van der Waals surface area contributed by atoms with Gasteiger partial charge >= 0.3 is 0 Å². The van der Waals surface area contributed by atoms with Crippen LogP contribution in [0.5, 0.6) is 11.5 Å². The summed E-state index contributed by atoms with van der Waals surface area (Å²) in [4.78, 5) is 11.6. The molecule has 0 aliphatic heterocycles. The number of aromatic amines is 1. The second-order valence-corrected chi connectivity index (χ2v) is 5.14. The second-order valence-electron chi connectivity index (χ2n) is 5.14. The third-order valence-corrected chi connectivity index (χ3v) is 3.52. The number of para-hydroxylation sites is 1. The third kappa shape index (κ3) is 2.58. The van der Waals surface area contributed by atoms with Crippen molar-refractivity contribution in [3.05, 3.63) is 72.4 Å². The van der Waals surface area contributed by atoms with E-state index in [1.807, 2.05) is 30.3 Å². The van der Waals surface area contributed by atoms with Gasteiger partial charge in [-0.15, -0.1) is 0 Å². The maximum atomic E-state index is 13.4. The fourth-order valence-corrected chi connectivity index (χ4v) is 2.37. The summed E-state index contributed by atoms with van der Waals surface area (Å²) in [6, 6.07) is 14.6. The Morgan fingerprint density at radius 3 is 2.54 bits per heavy atom. The molecule has 4 rings (SSSR count). The lowest BCUT2D eigenvalue weighted by atomic mass is 10.2. The van der Waals surface area contributed by atoms with Crippen molar-refractivity contribution in [3.8, 4) is 22.9 Å². The predicted molar refractivity (Wildman–Crippen MR) is 85.8 cm³/mol. The van der Waals surface area contributed by atoms with Gasteiger partial charge in [-0.2, -0.15) is 0 Å². The van der Waals surface area contributed by atoms with Crippen molar-refractivity contribution in [2.75, 3.05) is 0 Å². The SMILES string of the molecule is Fc1ccc(-c2nc3nccc(Oc4ccccc4)c3[nH]2)cc1F. The van der Waals surface area contributed by atoms with Crippen molar-refractivity contribution in [2.24, 2.45) is 0 Å². The van der Waals surface area contributed by atoms with Gasteiger partial charge in [-0.25, -0.2) is 18.7 Å². The number of aromatic nitrogens is 3. The Kier molecular flexibility index (Phi) is 3.42. The molecule has 2 aromatic heterocycles. The molecule has 6 heteroatoms. The molecule has 0 saturated heterocycles. The Bertz CT molecular complexity index is 1020. The average Bonchev–Trinajstić information content (AvgIpc) is 3.04. The lowest BCUT2D eigenvalue weighted by Gasteiger charge is -2.05. The van der Waals surface area contributed by atoms with E-state index >= 15 is 0 Å². The summed E-state index contributed by atoms with van der Waals surface area (Å²) in [5, 5.41) is 0. The van der Waals surface area contributed by atoms with Crippen molar-refractivity contribution in [3.63, 3.8) is 0 Å². The number of nitrogens with zero attached hydrogens (tertiary/aromatic N) is 2. The van der Waals surface area contributed by atoms with Gasteiger partial charge in [0.1, 0.15) is 17.1 Å². The van der Waals surface area contributed by atoms with Gasteiger partial charge in [0.15, 0.2) is 23.0 Å². The molecule has 0 fully saturated rings.